The molecule has 1 N–H and O–H groups in total. The highest BCUT2D eigenvalue weighted by Gasteiger charge is 2.31. The van der Waals surface area contributed by atoms with Crippen LogP contribution in [0, 0.1) is 18.7 Å². The number of nitrogens with zero attached hydrogens (tertiary/aromatic N) is 1. The molecule has 0 spiro atoms. The minimum atomic E-state index is -4.58. The molecule has 0 bridgehead atoms. The standard InChI is InChI=1S/C21H23F4NOS2/c1-4-5-16(27)10-13(2)8-9-28-12-19-14(3)26-20(29-19)17-7-6-15(11-18(17)22)21(23,24)25/h4-9,11,13,16,27H,10,12H2,1-3H3/b5-4-,9-8+. The van der Waals surface area contributed by atoms with Crippen LogP contribution in [-0.2, 0) is 11.9 Å². The molecule has 2 rings (SSSR count). The van der Waals surface area contributed by atoms with Crippen LogP contribution in [0.5, 0.6) is 0 Å². The van der Waals surface area contributed by atoms with Crippen LogP contribution >= 0.6 is 23.1 Å². The Balaban J connectivity index is 2.01. The van der Waals surface area contributed by atoms with E-state index in [0.717, 1.165) is 22.7 Å². The number of aryl methyl sites for hydroxylation is 1. The Kier molecular flexibility index (Phi) is 8.48. The van der Waals surface area contributed by atoms with Crippen molar-refractivity contribution < 1.29 is 22.7 Å². The summed E-state index contributed by atoms with van der Waals surface area (Å²) in [5, 5.41) is 12.1. The highest BCUT2D eigenvalue weighted by Crippen LogP contribution is 2.35. The van der Waals surface area contributed by atoms with Crippen LogP contribution in [0.4, 0.5) is 17.6 Å². The molecule has 0 fully saturated rings. The molecule has 0 saturated heterocycles. The first kappa shape index (κ1) is 23.6. The van der Waals surface area contributed by atoms with Crippen LogP contribution in [0.3, 0.4) is 0 Å². The van der Waals surface area contributed by atoms with Crippen molar-refractivity contribution >= 4 is 23.1 Å². The maximum absolute atomic E-state index is 14.2. The lowest BCUT2D eigenvalue weighted by atomic mass is 10.0. The summed E-state index contributed by atoms with van der Waals surface area (Å²) < 4.78 is 52.3. The lowest BCUT2D eigenvalue weighted by molar-refractivity contribution is -0.137. The molecule has 2 unspecified atom stereocenters. The zero-order chi connectivity index (χ0) is 21.6. The van der Waals surface area contributed by atoms with Crippen LogP contribution in [0.15, 0.2) is 41.8 Å². The smallest absolute Gasteiger partial charge is 0.389 e. The van der Waals surface area contributed by atoms with Crippen molar-refractivity contribution in [1.29, 1.82) is 0 Å². The predicted octanol–water partition coefficient (Wildman–Crippen LogP) is 6.99. The normalized spacial score (nSPS) is 14.8. The molecule has 158 valence electrons. The van der Waals surface area contributed by atoms with Crippen molar-refractivity contribution in [2.24, 2.45) is 5.92 Å². The topological polar surface area (TPSA) is 33.1 Å². The SMILES string of the molecule is C/C=C\C(O)CC(C)/C=C/SCc1sc(-c2ccc(C(F)(F)F)cc2F)nc1C. The van der Waals surface area contributed by atoms with E-state index in [4.69, 9.17) is 0 Å². The first-order valence-corrected chi connectivity index (χ1v) is 10.9. The van der Waals surface area contributed by atoms with Gasteiger partial charge in [-0.05, 0) is 49.8 Å². The Morgan fingerprint density at radius 3 is 2.62 bits per heavy atom. The number of halogens is 4. The van der Waals surface area contributed by atoms with Gasteiger partial charge in [0.15, 0.2) is 0 Å². The monoisotopic (exact) mass is 445 g/mol. The second-order valence-corrected chi connectivity index (χ2v) is 8.64. The number of aromatic nitrogens is 1. The number of thioether (sulfide) groups is 1. The minimum Gasteiger partial charge on any atom is -0.389 e. The van der Waals surface area contributed by atoms with Crippen molar-refractivity contribution in [3.05, 3.63) is 63.8 Å². The lowest BCUT2D eigenvalue weighted by Gasteiger charge is -2.09. The largest absolute Gasteiger partial charge is 0.416 e. The molecule has 0 aliphatic rings. The third kappa shape index (κ3) is 6.97. The van der Waals surface area contributed by atoms with Gasteiger partial charge in [0.2, 0.25) is 0 Å². The number of hydrogen-bond acceptors (Lipinski definition) is 4. The number of benzene rings is 1. The third-order valence-electron chi connectivity index (χ3n) is 4.17. The summed E-state index contributed by atoms with van der Waals surface area (Å²) in [6, 6.07) is 2.51. The molecule has 0 radical (unpaired) electrons. The van der Waals surface area contributed by atoms with E-state index >= 15 is 0 Å². The number of rotatable bonds is 8. The van der Waals surface area contributed by atoms with E-state index in [1.54, 1.807) is 24.8 Å². The predicted molar refractivity (Wildman–Crippen MR) is 112 cm³/mol. The Labute approximate surface area is 176 Å². The first-order valence-electron chi connectivity index (χ1n) is 9.04. The van der Waals surface area contributed by atoms with Crippen molar-refractivity contribution in [3.63, 3.8) is 0 Å². The number of alkyl halides is 3. The average molecular weight is 446 g/mol. The molecule has 0 aliphatic carbocycles. The molecule has 0 amide bonds. The maximum Gasteiger partial charge on any atom is 0.416 e. The van der Waals surface area contributed by atoms with Gasteiger partial charge in [-0.25, -0.2) is 9.37 Å². The van der Waals surface area contributed by atoms with Gasteiger partial charge in [-0.2, -0.15) is 13.2 Å². The van der Waals surface area contributed by atoms with Gasteiger partial charge in [-0.15, -0.1) is 23.1 Å². The highest BCUT2D eigenvalue weighted by atomic mass is 32.2. The van der Waals surface area contributed by atoms with Crippen LogP contribution < -0.4 is 0 Å². The van der Waals surface area contributed by atoms with Crippen molar-refractivity contribution in [1.82, 2.24) is 4.98 Å². The van der Waals surface area contributed by atoms with Crippen LogP contribution in [0.1, 0.15) is 36.4 Å². The number of aliphatic hydroxyl groups is 1. The molecule has 0 saturated carbocycles. The van der Waals surface area contributed by atoms with Gasteiger partial charge < -0.3 is 5.11 Å². The fourth-order valence-corrected chi connectivity index (χ4v) is 4.78. The number of thiazole rings is 1. The molecule has 2 atom stereocenters. The summed E-state index contributed by atoms with van der Waals surface area (Å²) in [5.41, 5.74) is -0.201. The molecule has 2 nitrogen and oxygen atoms in total. The molecule has 2 aromatic rings. The Morgan fingerprint density at radius 1 is 1.28 bits per heavy atom. The van der Waals surface area contributed by atoms with Crippen molar-refractivity contribution in [3.8, 4) is 10.6 Å². The first-order chi connectivity index (χ1) is 13.6. The molecule has 29 heavy (non-hydrogen) atoms. The van der Waals surface area contributed by atoms with Crippen molar-refractivity contribution in [2.75, 3.05) is 0 Å². The van der Waals surface area contributed by atoms with Gasteiger partial charge in [-0.1, -0.05) is 25.2 Å². The van der Waals surface area contributed by atoms with Crippen LogP contribution in [0.2, 0.25) is 0 Å². The second kappa shape index (κ2) is 10.4. The van der Waals surface area contributed by atoms with Crippen molar-refractivity contribution in [2.45, 2.75) is 45.2 Å². The van der Waals surface area contributed by atoms with E-state index in [1.807, 2.05) is 31.4 Å². The van der Waals surface area contributed by atoms with Gasteiger partial charge in [-0.3, -0.25) is 0 Å². The molecule has 0 aliphatic heterocycles. The lowest BCUT2D eigenvalue weighted by Crippen LogP contribution is -2.06. The van der Waals surface area contributed by atoms with E-state index in [-0.39, 0.29) is 11.5 Å². The zero-order valence-electron chi connectivity index (χ0n) is 16.3. The molecule has 8 heteroatoms. The number of aliphatic hydroxyl groups excluding tert-OH is 1. The Hall–Kier alpha value is -1.64. The molecule has 1 aromatic heterocycles. The van der Waals surface area contributed by atoms with Gasteiger partial charge in [0.1, 0.15) is 10.8 Å². The summed E-state index contributed by atoms with van der Waals surface area (Å²) >= 11 is 2.84. The molecule has 1 heterocycles. The minimum absolute atomic E-state index is 0.0736. The summed E-state index contributed by atoms with van der Waals surface area (Å²) in [6.07, 6.45) is 1.18. The molecular weight excluding hydrogens is 422 g/mol. The van der Waals surface area contributed by atoms with Gasteiger partial charge >= 0.3 is 6.18 Å². The molecular formula is C21H23F4NOS2. The highest BCUT2D eigenvalue weighted by molar-refractivity contribution is 8.01. The number of allylic oxidation sites excluding steroid dienone is 2. The third-order valence-corrected chi connectivity index (χ3v) is 6.34. The van der Waals surface area contributed by atoms with Gasteiger partial charge in [0.05, 0.1) is 17.4 Å². The average Bonchev–Trinajstić information content (AvgIpc) is 2.98. The summed E-state index contributed by atoms with van der Waals surface area (Å²) in [7, 11) is 0. The summed E-state index contributed by atoms with van der Waals surface area (Å²) in [4.78, 5) is 5.27. The maximum atomic E-state index is 14.2. The summed E-state index contributed by atoms with van der Waals surface area (Å²) in [5.74, 6) is -0.0823. The van der Waals surface area contributed by atoms with Gasteiger partial charge in [0.25, 0.3) is 0 Å². The van der Waals surface area contributed by atoms with Crippen LogP contribution in [-0.4, -0.2) is 16.2 Å². The van der Waals surface area contributed by atoms with E-state index in [0.29, 0.717) is 23.2 Å². The van der Waals surface area contributed by atoms with E-state index in [2.05, 4.69) is 4.98 Å². The zero-order valence-corrected chi connectivity index (χ0v) is 18.0. The van der Waals surface area contributed by atoms with Gasteiger partial charge in [0, 0.05) is 16.2 Å². The van der Waals surface area contributed by atoms with E-state index in [1.165, 1.54) is 11.3 Å². The second-order valence-electron chi connectivity index (χ2n) is 6.67. The van der Waals surface area contributed by atoms with E-state index < -0.39 is 23.7 Å². The van der Waals surface area contributed by atoms with Crippen LogP contribution in [0.25, 0.3) is 10.6 Å². The Morgan fingerprint density at radius 2 is 2.00 bits per heavy atom. The molecule has 1 aromatic carbocycles. The fraction of sp³-hybridized carbons (Fsp3) is 0.381. The summed E-state index contributed by atoms with van der Waals surface area (Å²) in [6.45, 7) is 5.69. The Bertz CT molecular complexity index is 874. The fourth-order valence-electron chi connectivity index (χ4n) is 2.62. The number of hydrogen-bond donors (Lipinski definition) is 1. The quantitative estimate of drug-likeness (QED) is 0.351. The van der Waals surface area contributed by atoms with E-state index in [9.17, 15) is 22.7 Å².